The molecular weight excluding hydrogens is 418 g/mol. The van der Waals surface area contributed by atoms with Gasteiger partial charge >= 0.3 is 0 Å². The summed E-state index contributed by atoms with van der Waals surface area (Å²) in [6, 6.07) is 16.6. The quantitative estimate of drug-likeness (QED) is 0.216. The molecule has 1 unspecified atom stereocenters. The fourth-order valence-corrected chi connectivity index (χ4v) is 4.28. The van der Waals surface area contributed by atoms with E-state index in [2.05, 4.69) is 80.7 Å². The van der Waals surface area contributed by atoms with Gasteiger partial charge in [0.2, 0.25) is 5.82 Å². The lowest BCUT2D eigenvalue weighted by Gasteiger charge is -2.11. The van der Waals surface area contributed by atoms with Crippen LogP contribution in [-0.4, -0.2) is 41.6 Å². The number of hydrogen-bond donors (Lipinski definition) is 3. The van der Waals surface area contributed by atoms with Crippen molar-refractivity contribution < 1.29 is 0 Å². The largest absolute Gasteiger partial charge is 0.263 e. The van der Waals surface area contributed by atoms with Crippen LogP contribution in [0, 0.1) is 0 Å². The number of aromatic nitrogens is 7. The molecule has 0 fully saturated rings. The van der Waals surface area contributed by atoms with Crippen molar-refractivity contribution in [1.29, 1.82) is 0 Å². The zero-order chi connectivity index (χ0) is 22.2. The van der Waals surface area contributed by atoms with Gasteiger partial charge in [-0.25, -0.2) is 4.98 Å². The van der Waals surface area contributed by atoms with Crippen molar-refractivity contribution in [2.75, 3.05) is 5.75 Å². The molecule has 0 amide bonds. The molecule has 2 N–H and O–H groups in total. The molecule has 4 rings (SSSR count). The molecule has 8 heteroatoms. The number of nitrogens with one attached hydrogen (secondary N) is 2. The summed E-state index contributed by atoms with van der Waals surface area (Å²) in [6.45, 7) is 2.23. The lowest BCUT2D eigenvalue weighted by molar-refractivity contribution is 0.535. The number of aromatic amines is 2. The molecule has 7 nitrogen and oxygen atoms in total. The lowest BCUT2D eigenvalue weighted by atomic mass is 9.97. The second kappa shape index (κ2) is 11.0. The monoisotopic (exact) mass is 447 g/mol. The smallest absolute Gasteiger partial charge is 0.205 e. The minimum Gasteiger partial charge on any atom is -0.263 e. The van der Waals surface area contributed by atoms with Gasteiger partial charge in [0.25, 0.3) is 0 Å². The number of thiol groups is 1. The number of hydrogen-bond acceptors (Lipinski definition) is 6. The first-order valence-electron chi connectivity index (χ1n) is 11.2. The Morgan fingerprint density at radius 2 is 1.75 bits per heavy atom. The lowest BCUT2D eigenvalue weighted by Crippen LogP contribution is -2.03. The van der Waals surface area contributed by atoms with Gasteiger partial charge in [-0.05, 0) is 40.5 Å². The Hall–Kier alpha value is -3.00. The standard InChI is InChI=1S/C24H29N7S/c1-2-3-4-7-19(14-15-32)23-25-22(26-27-23)16-17-10-12-18(13-11-17)20-8-5-6-9-21(20)24-28-30-31-29-24/h5-6,8-13,19,32H,2-4,7,14-16H2,1H3,(H,25,26,27)(H,28,29,30,31). The van der Waals surface area contributed by atoms with Crippen LogP contribution in [0.4, 0.5) is 0 Å². The molecule has 4 aromatic rings. The van der Waals surface area contributed by atoms with Crippen molar-refractivity contribution >= 4 is 12.6 Å². The first-order valence-corrected chi connectivity index (χ1v) is 11.9. The van der Waals surface area contributed by atoms with E-state index in [9.17, 15) is 0 Å². The highest BCUT2D eigenvalue weighted by Crippen LogP contribution is 2.30. The second-order valence-electron chi connectivity index (χ2n) is 8.00. The summed E-state index contributed by atoms with van der Waals surface area (Å²) in [5.74, 6) is 3.66. The molecule has 0 radical (unpaired) electrons. The van der Waals surface area contributed by atoms with Crippen LogP contribution in [0.1, 0.15) is 62.2 Å². The van der Waals surface area contributed by atoms with Gasteiger partial charge in [0, 0.05) is 17.9 Å². The highest BCUT2D eigenvalue weighted by Gasteiger charge is 2.16. The van der Waals surface area contributed by atoms with Crippen LogP contribution in [0.5, 0.6) is 0 Å². The van der Waals surface area contributed by atoms with Gasteiger partial charge in [0.1, 0.15) is 5.82 Å². The van der Waals surface area contributed by atoms with Crippen LogP contribution in [0.2, 0.25) is 0 Å². The summed E-state index contributed by atoms with van der Waals surface area (Å²) in [5, 5.41) is 22.1. The average molecular weight is 448 g/mol. The van der Waals surface area contributed by atoms with Crippen molar-refractivity contribution in [2.24, 2.45) is 0 Å². The number of benzene rings is 2. The maximum atomic E-state index is 4.80. The van der Waals surface area contributed by atoms with Crippen molar-refractivity contribution in [3.63, 3.8) is 0 Å². The van der Waals surface area contributed by atoms with Crippen molar-refractivity contribution in [1.82, 2.24) is 35.8 Å². The zero-order valence-electron chi connectivity index (χ0n) is 18.3. The maximum absolute atomic E-state index is 4.80. The van der Waals surface area contributed by atoms with E-state index in [4.69, 9.17) is 4.98 Å². The topological polar surface area (TPSA) is 96.0 Å². The summed E-state index contributed by atoms with van der Waals surface area (Å²) in [5.41, 5.74) is 4.32. The van der Waals surface area contributed by atoms with Crippen LogP contribution >= 0.6 is 12.6 Å². The van der Waals surface area contributed by atoms with E-state index in [1.54, 1.807) is 0 Å². The third-order valence-corrected chi connectivity index (χ3v) is 5.96. The molecule has 2 heterocycles. The van der Waals surface area contributed by atoms with E-state index in [0.29, 0.717) is 11.7 Å². The molecule has 0 spiro atoms. The van der Waals surface area contributed by atoms with E-state index in [-0.39, 0.29) is 0 Å². The summed E-state index contributed by atoms with van der Waals surface area (Å²) in [4.78, 5) is 4.80. The second-order valence-corrected chi connectivity index (χ2v) is 8.45. The summed E-state index contributed by atoms with van der Waals surface area (Å²) < 4.78 is 0. The van der Waals surface area contributed by atoms with Gasteiger partial charge in [-0.15, -0.1) is 10.2 Å². The van der Waals surface area contributed by atoms with E-state index in [1.165, 1.54) is 24.8 Å². The first kappa shape index (κ1) is 22.2. The number of H-pyrrole nitrogens is 2. The Kier molecular flexibility index (Phi) is 7.66. The van der Waals surface area contributed by atoms with E-state index in [1.807, 2.05) is 18.2 Å². The van der Waals surface area contributed by atoms with Crippen molar-refractivity contribution in [3.8, 4) is 22.5 Å². The summed E-state index contributed by atoms with van der Waals surface area (Å²) >= 11 is 4.43. The van der Waals surface area contributed by atoms with Gasteiger partial charge in [-0.2, -0.15) is 22.9 Å². The van der Waals surface area contributed by atoms with Crippen LogP contribution in [0.15, 0.2) is 48.5 Å². The third kappa shape index (κ3) is 5.43. The molecule has 0 saturated carbocycles. The number of unbranched alkanes of at least 4 members (excludes halogenated alkanes) is 2. The number of nitrogens with zero attached hydrogens (tertiary/aromatic N) is 5. The van der Waals surface area contributed by atoms with E-state index >= 15 is 0 Å². The Morgan fingerprint density at radius 3 is 2.47 bits per heavy atom. The van der Waals surface area contributed by atoms with Crippen LogP contribution in [-0.2, 0) is 6.42 Å². The molecule has 0 aliphatic rings. The van der Waals surface area contributed by atoms with Gasteiger partial charge in [0.15, 0.2) is 5.82 Å². The zero-order valence-corrected chi connectivity index (χ0v) is 19.2. The van der Waals surface area contributed by atoms with E-state index < -0.39 is 0 Å². The summed E-state index contributed by atoms with van der Waals surface area (Å²) in [6.07, 6.45) is 6.55. The minimum atomic E-state index is 0.382. The number of tetrazole rings is 1. The molecule has 1 atom stereocenters. The SMILES string of the molecule is CCCCCC(CCS)c1n[nH]c(Cc2ccc(-c3ccccc3-c3nn[nH]n3)cc2)n1. The van der Waals surface area contributed by atoms with Gasteiger partial charge in [-0.3, -0.25) is 5.10 Å². The van der Waals surface area contributed by atoms with Gasteiger partial charge in [-0.1, -0.05) is 74.7 Å². The molecule has 0 saturated heterocycles. The predicted molar refractivity (Wildman–Crippen MR) is 130 cm³/mol. The van der Waals surface area contributed by atoms with Crippen LogP contribution in [0.25, 0.3) is 22.5 Å². The minimum absolute atomic E-state index is 0.382. The van der Waals surface area contributed by atoms with E-state index in [0.717, 1.165) is 53.4 Å². The molecule has 2 aromatic carbocycles. The Balaban J connectivity index is 1.46. The molecule has 0 aliphatic heterocycles. The Bertz CT molecular complexity index is 1090. The predicted octanol–water partition coefficient (Wildman–Crippen LogP) is 5.23. The molecule has 166 valence electrons. The summed E-state index contributed by atoms with van der Waals surface area (Å²) in [7, 11) is 0. The molecular formula is C24H29N7S. The molecule has 32 heavy (non-hydrogen) atoms. The third-order valence-electron chi connectivity index (χ3n) is 5.70. The van der Waals surface area contributed by atoms with Crippen molar-refractivity contribution in [3.05, 3.63) is 65.7 Å². The Morgan fingerprint density at radius 1 is 0.938 bits per heavy atom. The average Bonchev–Trinajstić information content (AvgIpc) is 3.52. The highest BCUT2D eigenvalue weighted by molar-refractivity contribution is 7.80. The normalized spacial score (nSPS) is 12.2. The Labute approximate surface area is 193 Å². The molecule has 2 aromatic heterocycles. The van der Waals surface area contributed by atoms with Gasteiger partial charge in [0.05, 0.1) is 0 Å². The fourth-order valence-electron chi connectivity index (χ4n) is 3.97. The highest BCUT2D eigenvalue weighted by atomic mass is 32.1. The molecule has 0 bridgehead atoms. The molecule has 0 aliphatic carbocycles. The van der Waals surface area contributed by atoms with Crippen LogP contribution < -0.4 is 0 Å². The number of rotatable bonds is 11. The maximum Gasteiger partial charge on any atom is 0.205 e. The van der Waals surface area contributed by atoms with Crippen LogP contribution in [0.3, 0.4) is 0 Å². The first-order chi connectivity index (χ1) is 15.8. The van der Waals surface area contributed by atoms with Crippen molar-refractivity contribution in [2.45, 2.75) is 51.4 Å². The fraction of sp³-hybridized carbons (Fsp3) is 0.375. The van der Waals surface area contributed by atoms with Gasteiger partial charge < -0.3 is 0 Å².